The SMILES string of the molecule is CCn1c2c(c3ccccc31)CC(=O)CC2. The first-order valence-corrected chi connectivity index (χ1v) is 5.92. The van der Waals surface area contributed by atoms with E-state index < -0.39 is 0 Å². The molecule has 1 heterocycles. The number of aromatic nitrogens is 1. The van der Waals surface area contributed by atoms with E-state index >= 15 is 0 Å². The third-order valence-electron chi connectivity index (χ3n) is 3.52. The molecule has 0 saturated heterocycles. The Balaban J connectivity index is 2.35. The van der Waals surface area contributed by atoms with Crippen LogP contribution in [0.5, 0.6) is 0 Å². The molecule has 0 radical (unpaired) electrons. The summed E-state index contributed by atoms with van der Waals surface area (Å²) in [6.45, 7) is 3.16. The zero-order valence-electron chi connectivity index (χ0n) is 9.49. The number of fused-ring (bicyclic) bond motifs is 3. The Hall–Kier alpha value is -1.57. The first kappa shape index (κ1) is 9.64. The second kappa shape index (κ2) is 3.48. The van der Waals surface area contributed by atoms with Gasteiger partial charge in [-0.05, 0) is 25.0 Å². The van der Waals surface area contributed by atoms with Gasteiger partial charge in [-0.15, -0.1) is 0 Å². The van der Waals surface area contributed by atoms with Crippen molar-refractivity contribution in [2.75, 3.05) is 0 Å². The van der Waals surface area contributed by atoms with Crippen LogP contribution in [-0.2, 0) is 24.2 Å². The topological polar surface area (TPSA) is 22.0 Å². The molecule has 0 amide bonds. The summed E-state index contributed by atoms with van der Waals surface area (Å²) in [6, 6.07) is 8.42. The van der Waals surface area contributed by atoms with Crippen LogP contribution < -0.4 is 0 Å². The van der Waals surface area contributed by atoms with Gasteiger partial charge in [0.15, 0.2) is 0 Å². The molecule has 1 aromatic carbocycles. The molecule has 2 nitrogen and oxygen atoms in total. The van der Waals surface area contributed by atoms with Crippen molar-refractivity contribution in [2.45, 2.75) is 32.7 Å². The highest BCUT2D eigenvalue weighted by Gasteiger charge is 2.22. The van der Waals surface area contributed by atoms with Crippen molar-refractivity contribution < 1.29 is 4.79 Å². The van der Waals surface area contributed by atoms with Gasteiger partial charge in [0.1, 0.15) is 5.78 Å². The molecule has 1 aromatic heterocycles. The Labute approximate surface area is 94.9 Å². The van der Waals surface area contributed by atoms with Crippen molar-refractivity contribution in [3.63, 3.8) is 0 Å². The Kier molecular flexibility index (Phi) is 2.10. The van der Waals surface area contributed by atoms with Gasteiger partial charge in [-0.25, -0.2) is 0 Å². The Morgan fingerprint density at radius 1 is 1.25 bits per heavy atom. The number of benzene rings is 1. The van der Waals surface area contributed by atoms with E-state index in [1.807, 2.05) is 0 Å². The molecular weight excluding hydrogens is 198 g/mol. The van der Waals surface area contributed by atoms with Gasteiger partial charge in [-0.2, -0.15) is 0 Å². The number of carbonyl (C=O) groups is 1. The van der Waals surface area contributed by atoms with Crippen molar-refractivity contribution in [2.24, 2.45) is 0 Å². The van der Waals surface area contributed by atoms with Gasteiger partial charge in [-0.3, -0.25) is 4.79 Å². The number of aryl methyl sites for hydroxylation is 1. The number of hydrogen-bond donors (Lipinski definition) is 0. The van der Waals surface area contributed by atoms with Crippen molar-refractivity contribution >= 4 is 16.7 Å². The van der Waals surface area contributed by atoms with Crippen molar-refractivity contribution in [3.05, 3.63) is 35.5 Å². The van der Waals surface area contributed by atoms with Crippen LogP contribution >= 0.6 is 0 Å². The zero-order chi connectivity index (χ0) is 11.1. The molecule has 0 fully saturated rings. The number of Topliss-reactive ketones (excluding diaryl/α,β-unsaturated/α-hetero) is 1. The minimum Gasteiger partial charge on any atom is -0.345 e. The predicted octanol–water partition coefficient (Wildman–Crippen LogP) is 2.72. The lowest BCUT2D eigenvalue weighted by Gasteiger charge is -2.13. The Morgan fingerprint density at radius 3 is 2.88 bits per heavy atom. The zero-order valence-corrected chi connectivity index (χ0v) is 9.49. The first-order chi connectivity index (χ1) is 7.81. The van der Waals surface area contributed by atoms with Crippen LogP contribution in [0.15, 0.2) is 24.3 Å². The Morgan fingerprint density at radius 2 is 2.06 bits per heavy atom. The fourth-order valence-corrected chi connectivity index (χ4v) is 2.82. The van der Waals surface area contributed by atoms with Gasteiger partial charge < -0.3 is 4.57 Å². The molecule has 0 bridgehead atoms. The summed E-state index contributed by atoms with van der Waals surface area (Å²) in [5.41, 5.74) is 3.93. The van der Waals surface area contributed by atoms with Crippen LogP contribution in [0.25, 0.3) is 10.9 Å². The molecule has 3 rings (SSSR count). The standard InChI is InChI=1S/C14H15NO/c1-2-15-13-6-4-3-5-11(13)12-9-10(16)7-8-14(12)15/h3-6H,2,7-9H2,1H3. The number of ketones is 1. The number of nitrogens with zero attached hydrogens (tertiary/aromatic N) is 1. The molecule has 82 valence electrons. The monoisotopic (exact) mass is 213 g/mol. The predicted molar refractivity (Wildman–Crippen MR) is 64.6 cm³/mol. The normalized spacial score (nSPS) is 15.4. The summed E-state index contributed by atoms with van der Waals surface area (Å²) in [5, 5.41) is 1.27. The van der Waals surface area contributed by atoms with Crippen LogP contribution in [-0.4, -0.2) is 10.4 Å². The second-order valence-corrected chi connectivity index (χ2v) is 4.40. The highest BCUT2D eigenvalue weighted by atomic mass is 16.1. The molecule has 1 aliphatic rings. The average molecular weight is 213 g/mol. The summed E-state index contributed by atoms with van der Waals surface area (Å²) in [4.78, 5) is 11.6. The average Bonchev–Trinajstić information content (AvgIpc) is 2.62. The van der Waals surface area contributed by atoms with Gasteiger partial charge >= 0.3 is 0 Å². The molecule has 0 aliphatic heterocycles. The quantitative estimate of drug-likeness (QED) is 0.714. The molecule has 2 aromatic rings. The van der Waals surface area contributed by atoms with E-state index in [4.69, 9.17) is 0 Å². The summed E-state index contributed by atoms with van der Waals surface area (Å²) in [7, 11) is 0. The van der Waals surface area contributed by atoms with E-state index in [1.165, 1.54) is 22.2 Å². The largest absolute Gasteiger partial charge is 0.345 e. The third kappa shape index (κ3) is 1.22. The maximum Gasteiger partial charge on any atom is 0.137 e. The lowest BCUT2D eigenvalue weighted by molar-refractivity contribution is -0.118. The van der Waals surface area contributed by atoms with E-state index in [9.17, 15) is 4.79 Å². The molecular formula is C14H15NO. The fraction of sp³-hybridized carbons (Fsp3) is 0.357. The maximum absolute atomic E-state index is 11.6. The number of hydrogen-bond acceptors (Lipinski definition) is 1. The summed E-state index contributed by atoms with van der Waals surface area (Å²) >= 11 is 0. The van der Waals surface area contributed by atoms with Crippen LogP contribution in [0.3, 0.4) is 0 Å². The molecule has 0 saturated carbocycles. The minimum atomic E-state index is 0.381. The number of rotatable bonds is 1. The van der Waals surface area contributed by atoms with Crippen LogP contribution in [0.1, 0.15) is 24.6 Å². The first-order valence-electron chi connectivity index (χ1n) is 5.92. The molecule has 16 heavy (non-hydrogen) atoms. The molecule has 0 atom stereocenters. The van der Waals surface area contributed by atoms with Crippen molar-refractivity contribution in [1.29, 1.82) is 0 Å². The van der Waals surface area contributed by atoms with E-state index in [0.717, 1.165) is 13.0 Å². The van der Waals surface area contributed by atoms with Gasteiger partial charge in [-0.1, -0.05) is 18.2 Å². The van der Waals surface area contributed by atoms with Crippen LogP contribution in [0.4, 0.5) is 0 Å². The minimum absolute atomic E-state index is 0.381. The van der Waals surface area contributed by atoms with E-state index in [0.29, 0.717) is 18.6 Å². The Bertz CT molecular complexity index is 565. The second-order valence-electron chi connectivity index (χ2n) is 4.40. The van der Waals surface area contributed by atoms with E-state index in [2.05, 4.69) is 35.8 Å². The molecule has 0 spiro atoms. The fourth-order valence-electron chi connectivity index (χ4n) is 2.82. The van der Waals surface area contributed by atoms with Crippen LogP contribution in [0.2, 0.25) is 0 Å². The van der Waals surface area contributed by atoms with Crippen LogP contribution in [0, 0.1) is 0 Å². The number of para-hydroxylation sites is 1. The highest BCUT2D eigenvalue weighted by Crippen LogP contribution is 2.30. The summed E-state index contributed by atoms with van der Waals surface area (Å²) in [6.07, 6.45) is 2.25. The van der Waals surface area contributed by atoms with Gasteiger partial charge in [0.2, 0.25) is 0 Å². The van der Waals surface area contributed by atoms with Crippen molar-refractivity contribution in [1.82, 2.24) is 4.57 Å². The van der Waals surface area contributed by atoms with Crippen molar-refractivity contribution in [3.8, 4) is 0 Å². The van der Waals surface area contributed by atoms with E-state index in [-0.39, 0.29) is 0 Å². The molecule has 0 unspecified atom stereocenters. The third-order valence-corrected chi connectivity index (χ3v) is 3.52. The summed E-state index contributed by atoms with van der Waals surface area (Å²) < 4.78 is 2.36. The molecule has 1 aliphatic carbocycles. The molecule has 2 heteroatoms. The van der Waals surface area contributed by atoms with Gasteiger partial charge in [0.25, 0.3) is 0 Å². The lowest BCUT2D eigenvalue weighted by Crippen LogP contribution is -2.15. The van der Waals surface area contributed by atoms with Gasteiger partial charge in [0.05, 0.1) is 0 Å². The number of carbonyl (C=O) groups excluding carboxylic acids is 1. The molecule has 0 N–H and O–H groups in total. The van der Waals surface area contributed by atoms with Gasteiger partial charge in [0, 0.05) is 36.0 Å². The highest BCUT2D eigenvalue weighted by molar-refractivity contribution is 5.93. The summed E-state index contributed by atoms with van der Waals surface area (Å²) in [5.74, 6) is 0.381. The lowest BCUT2D eigenvalue weighted by atomic mass is 9.94. The maximum atomic E-state index is 11.6. The smallest absolute Gasteiger partial charge is 0.137 e. The van der Waals surface area contributed by atoms with E-state index in [1.54, 1.807) is 0 Å².